The van der Waals surface area contributed by atoms with Crippen molar-refractivity contribution in [1.82, 2.24) is 0 Å². The van der Waals surface area contributed by atoms with Gasteiger partial charge in [0.2, 0.25) is 0 Å². The molecule has 1 rings (SSSR count). The van der Waals surface area contributed by atoms with Crippen molar-refractivity contribution < 1.29 is 54.8 Å². The number of phenols is 1. The average Bonchev–Trinajstić information content (AvgIpc) is 1.95. The number of benzene rings is 1. The van der Waals surface area contributed by atoms with Gasteiger partial charge in [-0.25, -0.2) is 0 Å². The van der Waals surface area contributed by atoms with Crippen LogP contribution in [0.1, 0.15) is 5.56 Å². The van der Waals surface area contributed by atoms with E-state index in [1.54, 1.807) is 12.1 Å². The van der Waals surface area contributed by atoms with E-state index in [-0.39, 0.29) is 38.5 Å². The molecule has 0 aromatic heterocycles. The van der Waals surface area contributed by atoms with E-state index >= 15 is 0 Å². The van der Waals surface area contributed by atoms with Crippen LogP contribution in [0.3, 0.4) is 0 Å². The quantitative estimate of drug-likeness (QED) is 0.783. The molecule has 1 aromatic carbocycles. The van der Waals surface area contributed by atoms with Crippen molar-refractivity contribution >= 4 is 4.73 Å². The minimum atomic E-state index is 0. The van der Waals surface area contributed by atoms with Gasteiger partial charge < -0.3 is 0 Å². The second-order valence-electron chi connectivity index (χ2n) is 1.91. The molecule has 0 aliphatic heterocycles. The van der Waals surface area contributed by atoms with Gasteiger partial charge in [-0.15, -0.1) is 0 Å². The molecule has 1 radical (unpaired) electrons. The molecule has 0 atom stereocenters. The Morgan fingerprint density at radius 2 is 2.27 bits per heavy atom. The van der Waals surface area contributed by atoms with E-state index in [2.05, 4.69) is 27.8 Å². The summed E-state index contributed by atoms with van der Waals surface area (Å²) in [6.45, 7) is 0. The molecule has 3 heteroatoms. The average molecular weight is 258 g/mol. The SMILES string of the molecule is Oc1c[c-]c(C[C-]=[V])cc1.[Y]. The maximum atomic E-state index is 8.87. The molecule has 0 fully saturated rings. The Balaban J connectivity index is 0.000001000. The Labute approximate surface area is 101 Å². The van der Waals surface area contributed by atoms with Crippen LogP contribution in [-0.4, -0.2) is 9.84 Å². The van der Waals surface area contributed by atoms with Gasteiger partial charge in [-0.05, 0) is 0 Å². The Kier molecular flexibility index (Phi) is 6.46. The Hall–Kier alpha value is 0.578. The molecule has 0 aliphatic carbocycles. The maximum absolute atomic E-state index is 8.87. The first kappa shape index (κ1) is 11.6. The molecular weight excluding hydrogens is 252 g/mol. The van der Waals surface area contributed by atoms with Gasteiger partial charge in [0.25, 0.3) is 0 Å². The van der Waals surface area contributed by atoms with Crippen molar-refractivity contribution in [3.8, 4) is 5.75 Å². The van der Waals surface area contributed by atoms with Gasteiger partial charge >= 0.3 is 68.8 Å². The molecule has 0 spiro atoms. The summed E-state index contributed by atoms with van der Waals surface area (Å²) in [6.07, 6.45) is 0.764. The van der Waals surface area contributed by atoms with Crippen molar-refractivity contribution in [1.29, 1.82) is 0 Å². The van der Waals surface area contributed by atoms with Gasteiger partial charge in [-0.2, -0.15) is 0 Å². The van der Waals surface area contributed by atoms with Gasteiger partial charge in [0.1, 0.15) is 0 Å². The molecule has 0 amide bonds. The first-order valence-corrected chi connectivity index (χ1v) is 3.59. The standard InChI is InChI=1S/C8H6O.V.Y/c1-2-7-3-5-8(9)6-4-7;;/h3,5-6,9H,2H2;;/q-2;;. The first-order chi connectivity index (χ1) is 4.83. The topological polar surface area (TPSA) is 20.2 Å². The number of rotatable bonds is 2. The minimum Gasteiger partial charge on any atom is 0 e. The van der Waals surface area contributed by atoms with Crippen molar-refractivity contribution in [3.05, 3.63) is 29.8 Å². The molecule has 1 aromatic rings. The van der Waals surface area contributed by atoms with E-state index in [0.29, 0.717) is 0 Å². The summed E-state index contributed by atoms with van der Waals surface area (Å²) in [5.74, 6) is 0.259. The van der Waals surface area contributed by atoms with E-state index in [1.165, 1.54) is 0 Å². The van der Waals surface area contributed by atoms with Crippen LogP contribution < -0.4 is 0 Å². The summed E-state index contributed by atoms with van der Waals surface area (Å²) in [5, 5.41) is 8.87. The molecule has 54 valence electrons. The van der Waals surface area contributed by atoms with E-state index in [9.17, 15) is 0 Å². The van der Waals surface area contributed by atoms with Crippen molar-refractivity contribution in [2.45, 2.75) is 6.42 Å². The van der Waals surface area contributed by atoms with Crippen LogP contribution in [0.2, 0.25) is 0 Å². The van der Waals surface area contributed by atoms with Gasteiger partial charge in [0.05, 0.1) is 0 Å². The van der Waals surface area contributed by atoms with Crippen LogP contribution in [0.4, 0.5) is 0 Å². The van der Waals surface area contributed by atoms with Crippen LogP contribution in [0, 0.1) is 6.07 Å². The third-order valence-electron chi connectivity index (χ3n) is 1.13. The number of hydrogen-bond acceptors (Lipinski definition) is 1. The van der Waals surface area contributed by atoms with Gasteiger partial charge in [-0.3, -0.25) is 0 Å². The van der Waals surface area contributed by atoms with Crippen LogP contribution in [0.15, 0.2) is 18.2 Å². The summed E-state index contributed by atoms with van der Waals surface area (Å²) in [5.41, 5.74) is 1.04. The molecule has 0 bridgehead atoms. The molecule has 1 nitrogen and oxygen atoms in total. The van der Waals surface area contributed by atoms with Gasteiger partial charge in [-0.1, -0.05) is 0 Å². The fraction of sp³-hybridized carbons (Fsp3) is 0.125. The van der Waals surface area contributed by atoms with E-state index in [4.69, 9.17) is 5.11 Å². The largest absolute Gasteiger partial charge is 0 e. The monoisotopic (exact) mass is 258 g/mol. The van der Waals surface area contributed by atoms with Gasteiger partial charge in [0, 0.05) is 32.7 Å². The van der Waals surface area contributed by atoms with Crippen LogP contribution >= 0.6 is 0 Å². The fourth-order valence-corrected chi connectivity index (χ4v) is 0.910. The summed E-state index contributed by atoms with van der Waals surface area (Å²) in [4.78, 5) is 0. The Bertz CT molecular complexity index is 220. The molecule has 0 saturated carbocycles. The number of phenolic OH excluding ortho intramolecular Hbond substituents is 1. The van der Waals surface area contributed by atoms with Crippen molar-refractivity contribution in [2.24, 2.45) is 0 Å². The zero-order valence-electron chi connectivity index (χ0n) is 5.91. The summed E-state index contributed by atoms with van der Waals surface area (Å²) in [7, 11) is 0. The van der Waals surface area contributed by atoms with Gasteiger partial charge in [0.15, 0.2) is 0 Å². The minimum absolute atomic E-state index is 0. The molecule has 0 saturated heterocycles. The molecule has 0 aliphatic rings. The molecule has 1 N–H and O–H groups in total. The first-order valence-electron chi connectivity index (χ1n) is 2.89. The summed E-state index contributed by atoms with van der Waals surface area (Å²) < 4.78 is 2.93. The Morgan fingerprint density at radius 1 is 1.55 bits per heavy atom. The second-order valence-corrected chi connectivity index (χ2v) is 2.40. The van der Waals surface area contributed by atoms with Crippen LogP contribution in [0.5, 0.6) is 5.75 Å². The van der Waals surface area contributed by atoms with E-state index in [1.807, 2.05) is 6.07 Å². The smallest absolute Gasteiger partial charge is 0 e. The normalized spacial score (nSPS) is 8.27. The molecule has 0 unspecified atom stereocenters. The van der Waals surface area contributed by atoms with Crippen molar-refractivity contribution in [2.75, 3.05) is 0 Å². The maximum Gasteiger partial charge on any atom is 0 e. The third kappa shape index (κ3) is 4.22. The summed E-state index contributed by atoms with van der Waals surface area (Å²) in [6, 6.07) is 7.95. The van der Waals surface area contributed by atoms with Crippen molar-refractivity contribution in [3.63, 3.8) is 0 Å². The summed E-state index contributed by atoms with van der Waals surface area (Å²) >= 11 is 2.27. The zero-order chi connectivity index (χ0) is 7.40. The predicted octanol–water partition coefficient (Wildman–Crippen LogP) is 0.958. The fourth-order valence-electron chi connectivity index (χ4n) is 0.644. The zero-order valence-corrected chi connectivity index (χ0v) is 10.1. The van der Waals surface area contributed by atoms with E-state index < -0.39 is 0 Å². The molecule has 0 heterocycles. The van der Waals surface area contributed by atoms with Crippen LogP contribution in [0.25, 0.3) is 0 Å². The second kappa shape index (κ2) is 6.13. The Morgan fingerprint density at radius 3 is 2.73 bits per heavy atom. The molecular formula is C8H6OVY-2. The molecule has 11 heavy (non-hydrogen) atoms. The number of aromatic hydroxyl groups is 1. The number of hydrogen-bond donors (Lipinski definition) is 1. The third-order valence-corrected chi connectivity index (χ3v) is 1.38. The van der Waals surface area contributed by atoms with Crippen LogP contribution in [-0.2, 0) is 56.1 Å². The predicted molar refractivity (Wildman–Crippen MR) is 35.7 cm³/mol. The van der Waals surface area contributed by atoms with E-state index in [0.717, 1.165) is 12.0 Å².